The van der Waals surface area contributed by atoms with Gasteiger partial charge in [0, 0.05) is 12.1 Å². The van der Waals surface area contributed by atoms with Crippen LogP contribution in [0.1, 0.15) is 44.5 Å². The van der Waals surface area contributed by atoms with E-state index in [9.17, 15) is 20.0 Å². The molecule has 0 aliphatic rings. The fraction of sp³-hybridized carbons (Fsp3) is 0.500. The highest BCUT2D eigenvalue weighted by Gasteiger charge is 2.13. The Kier molecular flexibility index (Phi) is 6.85. The first-order chi connectivity index (χ1) is 9.03. The van der Waals surface area contributed by atoms with Crippen LogP contribution in [0, 0.1) is 16.0 Å². The van der Waals surface area contributed by atoms with E-state index in [1.807, 2.05) is 13.8 Å². The molecule has 112 valence electrons. The normalized spacial score (nSPS) is 10.7. The average molecular weight is 283 g/mol. The molecular weight excluding hydrogens is 262 g/mol. The number of carboxylic acid groups (broad SMARTS) is 1. The van der Waals surface area contributed by atoms with Gasteiger partial charge in [-0.1, -0.05) is 13.8 Å². The minimum Gasteiger partial charge on any atom is -0.478 e. The maximum absolute atomic E-state index is 10.3. The molecule has 0 unspecified atom stereocenters. The molecule has 0 amide bonds. The van der Waals surface area contributed by atoms with Gasteiger partial charge < -0.3 is 10.2 Å². The topological polar surface area (TPSA) is 101 Å². The van der Waals surface area contributed by atoms with E-state index in [0.717, 1.165) is 18.6 Å². The van der Waals surface area contributed by atoms with Crippen LogP contribution in [0.2, 0.25) is 0 Å². The second-order valence-electron chi connectivity index (χ2n) is 5.52. The maximum Gasteiger partial charge on any atom is 0.335 e. The summed E-state index contributed by atoms with van der Waals surface area (Å²) in [5, 5.41) is 27.8. The van der Waals surface area contributed by atoms with Crippen LogP contribution in [0.5, 0.6) is 0 Å². The lowest BCUT2D eigenvalue weighted by atomic mass is 9.97. The zero-order valence-electron chi connectivity index (χ0n) is 12.2. The lowest BCUT2D eigenvalue weighted by molar-refractivity contribution is -0.384. The van der Waals surface area contributed by atoms with Crippen molar-refractivity contribution in [1.29, 1.82) is 0 Å². The summed E-state index contributed by atoms with van der Waals surface area (Å²) in [6, 6.07) is 4.70. The van der Waals surface area contributed by atoms with Gasteiger partial charge in [-0.15, -0.1) is 0 Å². The van der Waals surface area contributed by atoms with Gasteiger partial charge in [0.05, 0.1) is 16.1 Å². The standard InChI is InChI=1S/C7H5NO4.C7H16O/c9-7(10)5-1-3-6(4-2-5)8(11)12;1-6(2)5-7(3,4)8/h1-4H,(H,9,10);6,8H,5H2,1-4H3. The molecule has 20 heavy (non-hydrogen) atoms. The van der Waals surface area contributed by atoms with Gasteiger partial charge in [-0.05, 0) is 38.3 Å². The Hall–Kier alpha value is -1.95. The molecule has 6 nitrogen and oxygen atoms in total. The van der Waals surface area contributed by atoms with Gasteiger partial charge in [-0.25, -0.2) is 4.79 Å². The number of carboxylic acids is 1. The highest BCUT2D eigenvalue weighted by atomic mass is 16.6. The van der Waals surface area contributed by atoms with Crippen LogP contribution < -0.4 is 0 Å². The van der Waals surface area contributed by atoms with E-state index in [2.05, 4.69) is 13.8 Å². The fourth-order valence-corrected chi connectivity index (χ4v) is 1.72. The Balaban J connectivity index is 0.000000396. The molecule has 0 aromatic heterocycles. The molecule has 0 saturated carbocycles. The zero-order chi connectivity index (χ0) is 15.9. The number of nitrogens with zero attached hydrogens (tertiary/aromatic N) is 1. The number of carbonyl (C=O) groups is 1. The lowest BCUT2D eigenvalue weighted by Crippen LogP contribution is -2.20. The Morgan fingerprint density at radius 1 is 1.30 bits per heavy atom. The highest BCUT2D eigenvalue weighted by Crippen LogP contribution is 2.14. The van der Waals surface area contributed by atoms with Crippen molar-refractivity contribution < 1.29 is 19.9 Å². The van der Waals surface area contributed by atoms with Crippen LogP contribution in [-0.2, 0) is 0 Å². The number of nitro groups is 1. The van der Waals surface area contributed by atoms with Crippen molar-refractivity contribution >= 4 is 11.7 Å². The van der Waals surface area contributed by atoms with Gasteiger partial charge in [-0.2, -0.15) is 0 Å². The van der Waals surface area contributed by atoms with Crippen molar-refractivity contribution in [2.45, 2.75) is 39.7 Å². The molecule has 1 rings (SSSR count). The summed E-state index contributed by atoms with van der Waals surface area (Å²) in [6.07, 6.45) is 0.882. The highest BCUT2D eigenvalue weighted by molar-refractivity contribution is 5.87. The number of rotatable bonds is 4. The van der Waals surface area contributed by atoms with Crippen LogP contribution in [0.15, 0.2) is 24.3 Å². The summed E-state index contributed by atoms with van der Waals surface area (Å²) in [5.74, 6) is -0.500. The van der Waals surface area contributed by atoms with Gasteiger partial charge in [0.1, 0.15) is 0 Å². The number of aromatic carboxylic acids is 1. The Morgan fingerprint density at radius 2 is 1.75 bits per heavy atom. The summed E-state index contributed by atoms with van der Waals surface area (Å²) >= 11 is 0. The summed E-state index contributed by atoms with van der Waals surface area (Å²) in [5.41, 5.74) is -0.547. The fourth-order valence-electron chi connectivity index (χ4n) is 1.72. The second-order valence-corrected chi connectivity index (χ2v) is 5.52. The first kappa shape index (κ1) is 18.0. The van der Waals surface area contributed by atoms with Gasteiger partial charge in [0.25, 0.3) is 5.69 Å². The van der Waals surface area contributed by atoms with Crippen molar-refractivity contribution in [3.8, 4) is 0 Å². The SMILES string of the molecule is CC(C)CC(C)(C)O.O=C(O)c1ccc([N+](=O)[O-])cc1. The zero-order valence-corrected chi connectivity index (χ0v) is 12.2. The van der Waals surface area contributed by atoms with E-state index < -0.39 is 16.5 Å². The quantitative estimate of drug-likeness (QED) is 0.653. The first-order valence-corrected chi connectivity index (χ1v) is 6.23. The van der Waals surface area contributed by atoms with Crippen LogP contribution >= 0.6 is 0 Å². The first-order valence-electron chi connectivity index (χ1n) is 6.23. The number of benzene rings is 1. The van der Waals surface area contributed by atoms with E-state index in [0.29, 0.717) is 5.92 Å². The summed E-state index contributed by atoms with van der Waals surface area (Å²) in [7, 11) is 0. The Morgan fingerprint density at radius 3 is 1.95 bits per heavy atom. The van der Waals surface area contributed by atoms with Crippen LogP contribution in [-0.4, -0.2) is 26.7 Å². The number of hydrogen-bond donors (Lipinski definition) is 2. The van der Waals surface area contributed by atoms with Crippen molar-refractivity contribution in [1.82, 2.24) is 0 Å². The third-order valence-electron chi connectivity index (χ3n) is 2.23. The monoisotopic (exact) mass is 283 g/mol. The molecule has 2 N–H and O–H groups in total. The lowest BCUT2D eigenvalue weighted by Gasteiger charge is -2.18. The third kappa shape index (κ3) is 8.20. The van der Waals surface area contributed by atoms with E-state index in [1.54, 1.807) is 0 Å². The molecule has 0 spiro atoms. The van der Waals surface area contributed by atoms with Crippen LogP contribution in [0.25, 0.3) is 0 Å². The molecule has 0 heterocycles. The molecule has 0 fully saturated rings. The summed E-state index contributed by atoms with van der Waals surface area (Å²) in [6.45, 7) is 7.90. The van der Waals surface area contributed by atoms with Crippen molar-refractivity contribution in [2.24, 2.45) is 5.92 Å². The molecule has 0 radical (unpaired) electrons. The molecule has 0 aliphatic carbocycles. The average Bonchev–Trinajstić information content (AvgIpc) is 2.26. The van der Waals surface area contributed by atoms with E-state index in [4.69, 9.17) is 5.11 Å². The molecule has 0 aliphatic heterocycles. The van der Waals surface area contributed by atoms with Gasteiger partial charge in [0.2, 0.25) is 0 Å². The Bertz CT molecular complexity index is 413. The number of hydrogen-bond acceptors (Lipinski definition) is 4. The summed E-state index contributed by atoms with van der Waals surface area (Å²) < 4.78 is 0. The van der Waals surface area contributed by atoms with Gasteiger partial charge >= 0.3 is 5.97 Å². The molecule has 0 saturated heterocycles. The predicted octanol–water partition coefficient (Wildman–Crippen LogP) is 3.10. The smallest absolute Gasteiger partial charge is 0.335 e. The molecule has 0 bridgehead atoms. The number of nitro benzene ring substituents is 1. The molecule has 0 atom stereocenters. The minimum absolute atomic E-state index is 0.0422. The van der Waals surface area contributed by atoms with Crippen LogP contribution in [0.4, 0.5) is 5.69 Å². The van der Waals surface area contributed by atoms with E-state index >= 15 is 0 Å². The van der Waals surface area contributed by atoms with Crippen molar-refractivity contribution in [3.05, 3.63) is 39.9 Å². The van der Waals surface area contributed by atoms with E-state index in [1.165, 1.54) is 12.1 Å². The third-order valence-corrected chi connectivity index (χ3v) is 2.23. The molecule has 1 aromatic rings. The molecule has 1 aromatic carbocycles. The maximum atomic E-state index is 10.3. The van der Waals surface area contributed by atoms with E-state index in [-0.39, 0.29) is 11.3 Å². The largest absolute Gasteiger partial charge is 0.478 e. The molecular formula is C14H21NO5. The van der Waals surface area contributed by atoms with Crippen molar-refractivity contribution in [2.75, 3.05) is 0 Å². The predicted molar refractivity (Wildman–Crippen MR) is 75.8 cm³/mol. The number of non-ortho nitro benzene ring substituents is 1. The Labute approximate surface area is 118 Å². The minimum atomic E-state index is -1.09. The summed E-state index contributed by atoms with van der Waals surface area (Å²) in [4.78, 5) is 19.9. The molecule has 6 heteroatoms. The van der Waals surface area contributed by atoms with Crippen LogP contribution in [0.3, 0.4) is 0 Å². The van der Waals surface area contributed by atoms with Gasteiger partial charge in [0.15, 0.2) is 0 Å². The van der Waals surface area contributed by atoms with Crippen molar-refractivity contribution in [3.63, 3.8) is 0 Å². The number of aliphatic hydroxyl groups is 1. The second kappa shape index (κ2) is 7.59. The van der Waals surface area contributed by atoms with Gasteiger partial charge in [-0.3, -0.25) is 10.1 Å².